The topological polar surface area (TPSA) is 74.7 Å². The number of rotatable bonds is 5. The van der Waals surface area contributed by atoms with E-state index in [9.17, 15) is 9.59 Å². The van der Waals surface area contributed by atoms with Crippen LogP contribution in [0.3, 0.4) is 0 Å². The summed E-state index contributed by atoms with van der Waals surface area (Å²) in [5, 5.41) is 5.91. The molecule has 142 valence electrons. The van der Waals surface area contributed by atoms with Crippen LogP contribution in [0.5, 0.6) is 0 Å². The number of nitrogens with zero attached hydrogens (tertiary/aromatic N) is 3. The van der Waals surface area contributed by atoms with Crippen molar-refractivity contribution in [3.8, 4) is 0 Å². The molecule has 0 aliphatic carbocycles. The molecule has 0 bridgehead atoms. The van der Waals surface area contributed by atoms with Crippen LogP contribution < -0.4 is 5.32 Å². The van der Waals surface area contributed by atoms with Crippen LogP contribution in [-0.4, -0.2) is 33.1 Å². The van der Waals surface area contributed by atoms with Gasteiger partial charge >= 0.3 is 0 Å². The van der Waals surface area contributed by atoms with Gasteiger partial charge < -0.3 is 10.2 Å². The Labute approximate surface area is 167 Å². The first-order chi connectivity index (χ1) is 13.5. The van der Waals surface area contributed by atoms with E-state index in [-0.39, 0.29) is 18.2 Å². The molecule has 1 unspecified atom stereocenters. The Bertz CT molecular complexity index is 993. The summed E-state index contributed by atoms with van der Waals surface area (Å²) < 4.78 is 0. The van der Waals surface area contributed by atoms with Gasteiger partial charge in [0, 0.05) is 18.0 Å². The molecule has 3 heterocycles. The van der Waals surface area contributed by atoms with Crippen LogP contribution in [0.2, 0.25) is 0 Å². The standard InChI is InChI=1S/C21H20N4O2S/c1-21(12-18(26)24-17-9-5-6-10-25(17)21)20(27)22-13-16-14-28-19(23-16)11-15-7-3-2-4-8-15/h2-10,14H,11-13H2,1H3,(H,22,27). The van der Waals surface area contributed by atoms with Crippen molar-refractivity contribution in [2.24, 2.45) is 4.99 Å². The van der Waals surface area contributed by atoms with Crippen molar-refractivity contribution in [1.82, 2.24) is 15.2 Å². The Kier molecular flexibility index (Phi) is 4.92. The van der Waals surface area contributed by atoms with Crippen LogP contribution in [0.25, 0.3) is 0 Å². The van der Waals surface area contributed by atoms with E-state index in [2.05, 4.69) is 27.4 Å². The Morgan fingerprint density at radius 2 is 2.11 bits per heavy atom. The lowest BCUT2D eigenvalue weighted by atomic mass is 9.91. The molecule has 4 rings (SSSR count). The number of aromatic nitrogens is 1. The van der Waals surface area contributed by atoms with Gasteiger partial charge in [-0.3, -0.25) is 9.59 Å². The van der Waals surface area contributed by atoms with Crippen LogP contribution in [0.15, 0.2) is 65.1 Å². The first-order valence-corrected chi connectivity index (χ1v) is 9.94. The summed E-state index contributed by atoms with van der Waals surface area (Å²) in [6.07, 6.45) is 7.96. The fourth-order valence-electron chi connectivity index (χ4n) is 3.32. The van der Waals surface area contributed by atoms with E-state index >= 15 is 0 Å². The summed E-state index contributed by atoms with van der Waals surface area (Å²) in [5.41, 5.74) is 1.02. The smallest absolute Gasteiger partial charge is 0.250 e. The van der Waals surface area contributed by atoms with Gasteiger partial charge in [-0.1, -0.05) is 36.4 Å². The Morgan fingerprint density at radius 3 is 2.93 bits per heavy atom. The largest absolute Gasteiger partial charge is 0.348 e. The molecule has 7 heteroatoms. The maximum Gasteiger partial charge on any atom is 0.250 e. The number of thiazole rings is 1. The molecule has 0 fully saturated rings. The predicted molar refractivity (Wildman–Crippen MR) is 109 cm³/mol. The highest BCUT2D eigenvalue weighted by Crippen LogP contribution is 2.28. The van der Waals surface area contributed by atoms with E-state index in [0.29, 0.717) is 12.4 Å². The minimum absolute atomic E-state index is 0.0385. The number of carbonyl (C=O) groups is 2. The number of amidine groups is 1. The molecule has 6 nitrogen and oxygen atoms in total. The zero-order valence-corrected chi connectivity index (χ0v) is 16.3. The van der Waals surface area contributed by atoms with E-state index in [1.54, 1.807) is 41.5 Å². The normalized spacial score (nSPS) is 20.7. The Balaban J connectivity index is 1.42. The molecule has 1 aromatic carbocycles. The second kappa shape index (κ2) is 7.52. The quantitative estimate of drug-likeness (QED) is 0.849. The van der Waals surface area contributed by atoms with Gasteiger partial charge in [-0.15, -0.1) is 11.3 Å². The summed E-state index contributed by atoms with van der Waals surface area (Å²) in [5.74, 6) is -0.0105. The van der Waals surface area contributed by atoms with E-state index < -0.39 is 5.54 Å². The number of aliphatic imine (C=N–C) groups is 1. The fraction of sp³-hybridized carbons (Fsp3) is 0.238. The van der Waals surface area contributed by atoms with Gasteiger partial charge in [0.2, 0.25) is 5.91 Å². The van der Waals surface area contributed by atoms with Crippen LogP contribution in [0.4, 0.5) is 0 Å². The average Bonchev–Trinajstić information content (AvgIpc) is 3.14. The predicted octanol–water partition coefficient (Wildman–Crippen LogP) is 2.82. The summed E-state index contributed by atoms with van der Waals surface area (Å²) in [6, 6.07) is 10.2. The molecule has 2 amide bonds. The van der Waals surface area contributed by atoms with Gasteiger partial charge in [0.15, 0.2) is 0 Å². The van der Waals surface area contributed by atoms with Crippen molar-refractivity contribution >= 4 is 29.0 Å². The fourth-order valence-corrected chi connectivity index (χ4v) is 4.15. The number of hydrogen-bond acceptors (Lipinski definition) is 5. The number of amides is 2. The average molecular weight is 392 g/mol. The molecule has 0 radical (unpaired) electrons. The number of nitrogens with one attached hydrogen (secondary N) is 1. The van der Waals surface area contributed by atoms with Crippen molar-refractivity contribution in [3.05, 3.63) is 76.4 Å². The number of benzene rings is 1. The lowest BCUT2D eigenvalue weighted by molar-refractivity contribution is -0.134. The van der Waals surface area contributed by atoms with Gasteiger partial charge in [-0.2, -0.15) is 4.99 Å². The van der Waals surface area contributed by atoms with Crippen molar-refractivity contribution in [2.45, 2.75) is 31.8 Å². The molecular formula is C21H20N4O2S. The summed E-state index contributed by atoms with van der Waals surface area (Å²) in [4.78, 5) is 35.4. The molecule has 0 spiro atoms. The molecular weight excluding hydrogens is 372 g/mol. The van der Waals surface area contributed by atoms with Gasteiger partial charge in [0.05, 0.1) is 23.7 Å². The molecule has 0 saturated carbocycles. The number of fused-ring (bicyclic) bond motifs is 1. The zero-order valence-electron chi connectivity index (χ0n) is 15.5. The summed E-state index contributed by atoms with van der Waals surface area (Å²) >= 11 is 1.58. The highest BCUT2D eigenvalue weighted by Gasteiger charge is 2.45. The van der Waals surface area contributed by atoms with E-state index in [0.717, 1.165) is 17.1 Å². The minimum atomic E-state index is -1.00. The molecule has 2 aromatic rings. The third-order valence-corrected chi connectivity index (χ3v) is 5.72. The van der Waals surface area contributed by atoms with Gasteiger partial charge in [-0.25, -0.2) is 4.98 Å². The minimum Gasteiger partial charge on any atom is -0.348 e. The first-order valence-electron chi connectivity index (χ1n) is 9.06. The van der Waals surface area contributed by atoms with Crippen molar-refractivity contribution in [2.75, 3.05) is 0 Å². The first kappa shape index (κ1) is 18.3. The second-order valence-electron chi connectivity index (χ2n) is 6.96. The SMILES string of the molecule is CC1(C(=O)NCc2csc(Cc3ccccc3)n2)CC(=O)N=C2C=CC=CN21. The van der Waals surface area contributed by atoms with Gasteiger partial charge in [0.1, 0.15) is 11.4 Å². The molecule has 0 saturated heterocycles. The van der Waals surface area contributed by atoms with Gasteiger partial charge in [-0.05, 0) is 24.6 Å². The molecule has 1 atom stereocenters. The molecule has 2 aliphatic heterocycles. The third kappa shape index (κ3) is 3.66. The monoisotopic (exact) mass is 392 g/mol. The Morgan fingerprint density at radius 1 is 1.29 bits per heavy atom. The summed E-state index contributed by atoms with van der Waals surface area (Å²) in [6.45, 7) is 2.09. The number of allylic oxidation sites excluding steroid dienone is 2. The molecule has 1 N–H and O–H groups in total. The van der Waals surface area contributed by atoms with Crippen LogP contribution in [0.1, 0.15) is 29.6 Å². The molecule has 2 aliphatic rings. The van der Waals surface area contributed by atoms with E-state index in [4.69, 9.17) is 0 Å². The van der Waals surface area contributed by atoms with Crippen molar-refractivity contribution in [3.63, 3.8) is 0 Å². The van der Waals surface area contributed by atoms with Crippen LogP contribution >= 0.6 is 11.3 Å². The Hall–Kier alpha value is -3.06. The maximum atomic E-state index is 12.9. The molecule has 1 aromatic heterocycles. The lowest BCUT2D eigenvalue weighted by Gasteiger charge is -2.41. The van der Waals surface area contributed by atoms with E-state index in [1.807, 2.05) is 29.7 Å². The lowest BCUT2D eigenvalue weighted by Crippen LogP contribution is -2.59. The van der Waals surface area contributed by atoms with Crippen molar-refractivity contribution in [1.29, 1.82) is 0 Å². The van der Waals surface area contributed by atoms with Crippen molar-refractivity contribution < 1.29 is 9.59 Å². The van der Waals surface area contributed by atoms with Crippen LogP contribution in [-0.2, 0) is 22.6 Å². The highest BCUT2D eigenvalue weighted by atomic mass is 32.1. The zero-order chi connectivity index (χ0) is 19.6. The van der Waals surface area contributed by atoms with E-state index in [1.165, 1.54) is 5.56 Å². The third-order valence-electron chi connectivity index (χ3n) is 4.82. The number of hydrogen-bond donors (Lipinski definition) is 1. The highest BCUT2D eigenvalue weighted by molar-refractivity contribution is 7.09. The summed E-state index contributed by atoms with van der Waals surface area (Å²) in [7, 11) is 0. The van der Waals surface area contributed by atoms with Gasteiger partial charge in [0.25, 0.3) is 5.91 Å². The number of carbonyl (C=O) groups excluding carboxylic acids is 2. The van der Waals surface area contributed by atoms with Crippen LogP contribution in [0, 0.1) is 0 Å². The second-order valence-corrected chi connectivity index (χ2v) is 7.91. The molecule has 28 heavy (non-hydrogen) atoms. The maximum absolute atomic E-state index is 12.9.